The summed E-state index contributed by atoms with van der Waals surface area (Å²) in [5.74, 6) is 0.803. The molecule has 0 spiro atoms. The van der Waals surface area contributed by atoms with Gasteiger partial charge in [0.25, 0.3) is 0 Å². The van der Waals surface area contributed by atoms with Gasteiger partial charge in [0.15, 0.2) is 0 Å². The summed E-state index contributed by atoms with van der Waals surface area (Å²) in [6.07, 6.45) is 1.24. The van der Waals surface area contributed by atoms with Crippen molar-refractivity contribution in [2.24, 2.45) is 0 Å². The number of nitrogens with zero attached hydrogens (tertiary/aromatic N) is 2. The summed E-state index contributed by atoms with van der Waals surface area (Å²) < 4.78 is 31.5. The van der Waals surface area contributed by atoms with E-state index < -0.39 is 15.6 Å². The molecule has 1 aromatic carbocycles. The summed E-state index contributed by atoms with van der Waals surface area (Å²) in [5, 5.41) is 3.34. The van der Waals surface area contributed by atoms with Crippen LogP contribution in [0.4, 0.5) is 5.69 Å². The zero-order valence-corrected chi connectivity index (χ0v) is 15.9. The van der Waals surface area contributed by atoms with Crippen molar-refractivity contribution < 1.29 is 13.2 Å². The quantitative estimate of drug-likeness (QED) is 0.804. The summed E-state index contributed by atoms with van der Waals surface area (Å²) in [5.41, 5.74) is 0.455. The number of para-hydroxylation sites is 2. The number of anilines is 1. The van der Waals surface area contributed by atoms with Gasteiger partial charge in [-0.15, -0.1) is 0 Å². The van der Waals surface area contributed by atoms with E-state index in [4.69, 9.17) is 4.74 Å². The fourth-order valence-corrected chi connectivity index (χ4v) is 4.60. The molecule has 1 fully saturated rings. The first-order chi connectivity index (χ1) is 11.3. The van der Waals surface area contributed by atoms with Gasteiger partial charge in [-0.3, -0.25) is 0 Å². The second-order valence-corrected chi connectivity index (χ2v) is 8.64. The van der Waals surface area contributed by atoms with Crippen LogP contribution in [0.1, 0.15) is 20.8 Å². The standard InChI is InChI=1S/C17H29N3O3S/c1-5-20(24(4,21)22)17(2,3)14-23-16-9-7-6-8-15(16)19-12-10-18-11-13-19/h6-9,18H,5,10-14H2,1-4H3. The zero-order valence-electron chi connectivity index (χ0n) is 15.1. The van der Waals surface area contributed by atoms with Crippen LogP contribution in [0.3, 0.4) is 0 Å². The molecule has 0 aliphatic carbocycles. The Labute approximate surface area is 145 Å². The Bertz CT molecular complexity index is 640. The highest BCUT2D eigenvalue weighted by Crippen LogP contribution is 2.30. The van der Waals surface area contributed by atoms with Crippen molar-refractivity contribution in [1.82, 2.24) is 9.62 Å². The van der Waals surface area contributed by atoms with Crippen LogP contribution < -0.4 is 15.0 Å². The van der Waals surface area contributed by atoms with Crippen molar-refractivity contribution in [3.63, 3.8) is 0 Å². The molecule has 1 aromatic rings. The van der Waals surface area contributed by atoms with Gasteiger partial charge >= 0.3 is 0 Å². The van der Waals surface area contributed by atoms with Crippen LogP contribution in [0.2, 0.25) is 0 Å². The highest BCUT2D eigenvalue weighted by Gasteiger charge is 2.33. The minimum atomic E-state index is -3.27. The normalized spacial score (nSPS) is 16.5. The lowest BCUT2D eigenvalue weighted by Gasteiger charge is -2.36. The third kappa shape index (κ3) is 4.62. The van der Waals surface area contributed by atoms with Gasteiger partial charge in [-0.2, -0.15) is 4.31 Å². The molecular weight excluding hydrogens is 326 g/mol. The maximum Gasteiger partial charge on any atom is 0.211 e. The maximum atomic E-state index is 12.0. The summed E-state index contributed by atoms with van der Waals surface area (Å²) >= 11 is 0. The number of hydrogen-bond donors (Lipinski definition) is 1. The molecule has 1 aliphatic heterocycles. The van der Waals surface area contributed by atoms with Crippen LogP contribution in [0.15, 0.2) is 24.3 Å². The molecule has 0 amide bonds. The van der Waals surface area contributed by atoms with Gasteiger partial charge in [-0.25, -0.2) is 8.42 Å². The molecule has 0 radical (unpaired) electrons. The van der Waals surface area contributed by atoms with Gasteiger partial charge in [0.2, 0.25) is 10.0 Å². The van der Waals surface area contributed by atoms with Crippen molar-refractivity contribution in [1.29, 1.82) is 0 Å². The Morgan fingerprint density at radius 1 is 1.25 bits per heavy atom. The average Bonchev–Trinajstić information content (AvgIpc) is 2.53. The lowest BCUT2D eigenvalue weighted by atomic mass is 10.1. The molecule has 0 bridgehead atoms. The van der Waals surface area contributed by atoms with E-state index in [1.54, 1.807) is 0 Å². The Morgan fingerprint density at radius 2 is 1.88 bits per heavy atom. The number of hydrogen-bond acceptors (Lipinski definition) is 5. The number of sulfonamides is 1. The van der Waals surface area contributed by atoms with Gasteiger partial charge < -0.3 is 15.0 Å². The van der Waals surface area contributed by atoms with E-state index in [-0.39, 0.29) is 0 Å². The molecule has 0 saturated carbocycles. The number of piperazine rings is 1. The first-order valence-corrected chi connectivity index (χ1v) is 10.3. The van der Waals surface area contributed by atoms with E-state index in [1.165, 1.54) is 10.6 Å². The SMILES string of the molecule is CCN(C(C)(C)COc1ccccc1N1CCNCC1)S(C)(=O)=O. The molecule has 136 valence electrons. The van der Waals surface area contributed by atoms with Crippen molar-refractivity contribution in [2.45, 2.75) is 26.3 Å². The number of likely N-dealkylation sites (N-methyl/N-ethyl adjacent to an activating group) is 1. The van der Waals surface area contributed by atoms with Gasteiger partial charge in [-0.05, 0) is 26.0 Å². The molecule has 0 atom stereocenters. The Kier molecular flexibility index (Phi) is 6.11. The average molecular weight is 356 g/mol. The third-order valence-electron chi connectivity index (χ3n) is 4.27. The summed E-state index contributed by atoms with van der Waals surface area (Å²) in [6, 6.07) is 7.96. The monoisotopic (exact) mass is 355 g/mol. The Balaban J connectivity index is 2.14. The molecule has 24 heavy (non-hydrogen) atoms. The molecule has 0 aromatic heterocycles. The first-order valence-electron chi connectivity index (χ1n) is 8.41. The van der Waals surface area contributed by atoms with Gasteiger partial charge in [-0.1, -0.05) is 19.1 Å². The molecule has 1 N–H and O–H groups in total. The minimum Gasteiger partial charge on any atom is -0.489 e. The highest BCUT2D eigenvalue weighted by molar-refractivity contribution is 7.88. The molecule has 7 heteroatoms. The van der Waals surface area contributed by atoms with E-state index >= 15 is 0 Å². The van der Waals surface area contributed by atoms with Crippen molar-refractivity contribution in [2.75, 3.05) is 50.5 Å². The molecule has 1 saturated heterocycles. The fraction of sp³-hybridized carbons (Fsp3) is 0.647. The van der Waals surface area contributed by atoms with Crippen molar-refractivity contribution in [3.8, 4) is 5.75 Å². The second kappa shape index (κ2) is 7.72. The topological polar surface area (TPSA) is 61.9 Å². The van der Waals surface area contributed by atoms with Crippen LogP contribution in [-0.4, -0.2) is 63.8 Å². The highest BCUT2D eigenvalue weighted by atomic mass is 32.2. The summed E-state index contributed by atoms with van der Waals surface area (Å²) in [6.45, 7) is 10.1. The van der Waals surface area contributed by atoms with E-state index in [9.17, 15) is 8.42 Å². The lowest BCUT2D eigenvalue weighted by Crippen LogP contribution is -2.50. The minimum absolute atomic E-state index is 0.303. The van der Waals surface area contributed by atoms with Crippen molar-refractivity contribution >= 4 is 15.7 Å². The van der Waals surface area contributed by atoms with Gasteiger partial charge in [0.05, 0.1) is 17.5 Å². The fourth-order valence-electron chi connectivity index (χ4n) is 3.18. The van der Waals surface area contributed by atoms with Crippen molar-refractivity contribution in [3.05, 3.63) is 24.3 Å². The predicted octanol–water partition coefficient (Wildman–Crippen LogP) is 1.54. The van der Waals surface area contributed by atoms with Crippen LogP contribution in [0, 0.1) is 0 Å². The number of rotatable bonds is 7. The smallest absolute Gasteiger partial charge is 0.211 e. The summed E-state index contributed by atoms with van der Waals surface area (Å²) in [4.78, 5) is 2.30. The maximum absolute atomic E-state index is 12.0. The molecule has 1 heterocycles. The number of nitrogens with one attached hydrogen (secondary N) is 1. The molecular formula is C17H29N3O3S. The van der Waals surface area contributed by atoms with E-state index in [0.29, 0.717) is 13.2 Å². The largest absolute Gasteiger partial charge is 0.489 e. The Hall–Kier alpha value is -1.31. The third-order valence-corrected chi connectivity index (χ3v) is 5.82. The second-order valence-electron chi connectivity index (χ2n) is 6.73. The number of ether oxygens (including phenoxy) is 1. The van der Waals surface area contributed by atoms with E-state index in [0.717, 1.165) is 37.6 Å². The van der Waals surface area contributed by atoms with Crippen LogP contribution >= 0.6 is 0 Å². The van der Waals surface area contributed by atoms with E-state index in [2.05, 4.69) is 16.3 Å². The Morgan fingerprint density at radius 3 is 2.46 bits per heavy atom. The molecule has 6 nitrogen and oxygen atoms in total. The van der Waals surface area contributed by atoms with Gasteiger partial charge in [0, 0.05) is 32.7 Å². The first kappa shape index (κ1) is 19.0. The van der Waals surface area contributed by atoms with Gasteiger partial charge in [0.1, 0.15) is 12.4 Å². The predicted molar refractivity (Wildman–Crippen MR) is 98.3 cm³/mol. The molecule has 1 aliphatic rings. The van der Waals surface area contributed by atoms with Crippen LogP contribution in [-0.2, 0) is 10.0 Å². The van der Waals surface area contributed by atoms with Crippen LogP contribution in [0.5, 0.6) is 5.75 Å². The van der Waals surface area contributed by atoms with E-state index in [1.807, 2.05) is 39.0 Å². The van der Waals surface area contributed by atoms with Crippen LogP contribution in [0.25, 0.3) is 0 Å². The lowest BCUT2D eigenvalue weighted by molar-refractivity contribution is 0.141. The summed E-state index contributed by atoms with van der Waals surface area (Å²) in [7, 11) is -3.27. The number of benzene rings is 1. The molecule has 0 unspecified atom stereocenters. The zero-order chi connectivity index (χ0) is 17.8. The molecule has 2 rings (SSSR count).